The number of hydrogen-bond donors (Lipinski definition) is 0. The van der Waals surface area contributed by atoms with Crippen molar-refractivity contribution in [1.29, 1.82) is 0 Å². The van der Waals surface area contributed by atoms with Gasteiger partial charge in [-0.3, -0.25) is 0 Å². The van der Waals surface area contributed by atoms with Crippen molar-refractivity contribution in [2.45, 2.75) is 27.4 Å². The number of aromatic nitrogens is 1. The van der Waals surface area contributed by atoms with Gasteiger partial charge < -0.3 is 9.26 Å². The molecule has 0 N–H and O–H groups in total. The van der Waals surface area contributed by atoms with Crippen molar-refractivity contribution in [3.05, 3.63) is 46.6 Å². The van der Waals surface area contributed by atoms with E-state index < -0.39 is 0 Å². The zero-order valence-electron chi connectivity index (χ0n) is 10.1. The highest BCUT2D eigenvalue weighted by Gasteiger charge is 2.11. The highest BCUT2D eigenvalue weighted by Crippen LogP contribution is 2.21. The Balaban J connectivity index is 2.15. The third-order valence-electron chi connectivity index (χ3n) is 2.64. The first kappa shape index (κ1) is 11.6. The Morgan fingerprint density at radius 3 is 2.71 bits per heavy atom. The molecule has 3 nitrogen and oxygen atoms in total. The average molecular weight is 235 g/mol. The SMILES string of the molecule is Cc1ccc(F)c(OCc2c(C)noc2C)c1. The van der Waals surface area contributed by atoms with E-state index in [0.717, 1.165) is 16.8 Å². The van der Waals surface area contributed by atoms with Gasteiger partial charge in [0.05, 0.1) is 11.3 Å². The van der Waals surface area contributed by atoms with E-state index in [1.54, 1.807) is 12.1 Å². The van der Waals surface area contributed by atoms with Gasteiger partial charge in [0.15, 0.2) is 11.6 Å². The second kappa shape index (κ2) is 4.57. The molecule has 2 rings (SSSR count). The van der Waals surface area contributed by atoms with E-state index in [4.69, 9.17) is 9.26 Å². The maximum absolute atomic E-state index is 13.4. The molecule has 0 fully saturated rings. The summed E-state index contributed by atoms with van der Waals surface area (Å²) in [5.74, 6) is 0.600. The normalized spacial score (nSPS) is 10.6. The van der Waals surface area contributed by atoms with Gasteiger partial charge in [-0.2, -0.15) is 0 Å². The molecule has 0 unspecified atom stereocenters. The summed E-state index contributed by atoms with van der Waals surface area (Å²) in [5.41, 5.74) is 2.60. The average Bonchev–Trinajstić information content (AvgIpc) is 2.61. The van der Waals surface area contributed by atoms with Crippen LogP contribution in [-0.4, -0.2) is 5.16 Å². The first-order valence-electron chi connectivity index (χ1n) is 5.38. The highest BCUT2D eigenvalue weighted by molar-refractivity contribution is 5.30. The molecule has 0 atom stereocenters. The Hall–Kier alpha value is -1.84. The molecule has 0 bridgehead atoms. The van der Waals surface area contributed by atoms with Crippen LogP contribution in [0.2, 0.25) is 0 Å². The van der Waals surface area contributed by atoms with Gasteiger partial charge in [-0.1, -0.05) is 11.2 Å². The molecule has 1 aromatic carbocycles. The Labute approximate surface area is 99.2 Å². The molecular weight excluding hydrogens is 221 g/mol. The second-order valence-electron chi connectivity index (χ2n) is 4.03. The fraction of sp³-hybridized carbons (Fsp3) is 0.308. The molecule has 0 aliphatic carbocycles. The van der Waals surface area contributed by atoms with E-state index in [9.17, 15) is 4.39 Å². The molecule has 1 aromatic heterocycles. The quantitative estimate of drug-likeness (QED) is 0.818. The number of hydrogen-bond acceptors (Lipinski definition) is 3. The molecule has 4 heteroatoms. The van der Waals surface area contributed by atoms with Gasteiger partial charge in [0, 0.05) is 0 Å². The minimum atomic E-state index is -0.359. The fourth-order valence-corrected chi connectivity index (χ4v) is 1.58. The zero-order valence-corrected chi connectivity index (χ0v) is 10.1. The number of ether oxygens (including phenoxy) is 1. The number of nitrogens with zero attached hydrogens (tertiary/aromatic N) is 1. The van der Waals surface area contributed by atoms with Gasteiger partial charge in [-0.25, -0.2) is 4.39 Å². The minimum absolute atomic E-state index is 0.255. The molecule has 0 radical (unpaired) electrons. The number of rotatable bonds is 3. The predicted molar refractivity (Wildman–Crippen MR) is 61.4 cm³/mol. The Morgan fingerprint density at radius 2 is 2.06 bits per heavy atom. The van der Waals surface area contributed by atoms with Gasteiger partial charge in [0.25, 0.3) is 0 Å². The van der Waals surface area contributed by atoms with Crippen LogP contribution in [0.3, 0.4) is 0 Å². The molecule has 2 aromatic rings. The molecule has 0 spiro atoms. The van der Waals surface area contributed by atoms with E-state index in [-0.39, 0.29) is 18.2 Å². The van der Waals surface area contributed by atoms with Gasteiger partial charge in [-0.05, 0) is 38.5 Å². The summed E-state index contributed by atoms with van der Waals surface area (Å²) in [4.78, 5) is 0. The van der Waals surface area contributed by atoms with Crippen molar-refractivity contribution in [2.75, 3.05) is 0 Å². The first-order valence-corrected chi connectivity index (χ1v) is 5.38. The lowest BCUT2D eigenvalue weighted by molar-refractivity contribution is 0.286. The van der Waals surface area contributed by atoms with Gasteiger partial charge in [-0.15, -0.1) is 0 Å². The van der Waals surface area contributed by atoms with Crippen molar-refractivity contribution in [2.24, 2.45) is 0 Å². The number of benzene rings is 1. The zero-order chi connectivity index (χ0) is 12.4. The number of halogens is 1. The summed E-state index contributed by atoms with van der Waals surface area (Å²) >= 11 is 0. The topological polar surface area (TPSA) is 35.3 Å². The molecule has 0 saturated carbocycles. The summed E-state index contributed by atoms with van der Waals surface area (Å²) in [5, 5.41) is 3.82. The highest BCUT2D eigenvalue weighted by atomic mass is 19.1. The Morgan fingerprint density at radius 1 is 1.29 bits per heavy atom. The minimum Gasteiger partial charge on any atom is -0.486 e. The van der Waals surface area contributed by atoms with Gasteiger partial charge in [0.2, 0.25) is 0 Å². The second-order valence-corrected chi connectivity index (χ2v) is 4.03. The molecule has 0 aliphatic heterocycles. The Bertz CT molecular complexity index is 515. The van der Waals surface area contributed by atoms with Crippen molar-refractivity contribution < 1.29 is 13.7 Å². The van der Waals surface area contributed by atoms with Crippen LogP contribution in [0.5, 0.6) is 5.75 Å². The summed E-state index contributed by atoms with van der Waals surface area (Å²) in [6.07, 6.45) is 0. The molecule has 0 aliphatic rings. The summed E-state index contributed by atoms with van der Waals surface area (Å²) in [7, 11) is 0. The lowest BCUT2D eigenvalue weighted by atomic mass is 10.2. The fourth-order valence-electron chi connectivity index (χ4n) is 1.58. The van der Waals surface area contributed by atoms with Crippen LogP contribution in [0.1, 0.15) is 22.6 Å². The van der Waals surface area contributed by atoms with Crippen LogP contribution < -0.4 is 4.74 Å². The smallest absolute Gasteiger partial charge is 0.165 e. The van der Waals surface area contributed by atoms with E-state index >= 15 is 0 Å². The Kier molecular flexibility index (Phi) is 3.13. The molecule has 1 heterocycles. The number of aryl methyl sites for hydroxylation is 3. The summed E-state index contributed by atoms with van der Waals surface area (Å²) < 4.78 is 23.9. The van der Waals surface area contributed by atoms with Crippen LogP contribution in [0.25, 0.3) is 0 Å². The maximum Gasteiger partial charge on any atom is 0.165 e. The van der Waals surface area contributed by atoms with Crippen molar-refractivity contribution in [1.82, 2.24) is 5.16 Å². The van der Waals surface area contributed by atoms with E-state index in [2.05, 4.69) is 5.16 Å². The standard InChI is InChI=1S/C13H14FNO2/c1-8-4-5-12(14)13(6-8)16-7-11-9(2)15-17-10(11)3/h4-6H,7H2,1-3H3. The predicted octanol–water partition coefficient (Wildman–Crippen LogP) is 3.32. The van der Waals surface area contributed by atoms with E-state index in [1.165, 1.54) is 6.07 Å². The van der Waals surface area contributed by atoms with E-state index in [0.29, 0.717) is 5.76 Å². The third-order valence-corrected chi connectivity index (χ3v) is 2.64. The molecule has 90 valence electrons. The van der Waals surface area contributed by atoms with Crippen LogP contribution >= 0.6 is 0 Å². The third kappa shape index (κ3) is 2.46. The molecule has 0 amide bonds. The van der Waals surface area contributed by atoms with Crippen molar-refractivity contribution >= 4 is 0 Å². The van der Waals surface area contributed by atoms with Crippen molar-refractivity contribution in [3.63, 3.8) is 0 Å². The lowest BCUT2D eigenvalue weighted by Crippen LogP contribution is -1.99. The molecular formula is C13H14FNO2. The van der Waals surface area contributed by atoms with Gasteiger partial charge in [0.1, 0.15) is 12.4 Å². The molecule has 0 saturated heterocycles. The summed E-state index contributed by atoms with van der Waals surface area (Å²) in [6.45, 7) is 5.80. The molecule has 17 heavy (non-hydrogen) atoms. The van der Waals surface area contributed by atoms with E-state index in [1.807, 2.05) is 20.8 Å². The van der Waals surface area contributed by atoms with Crippen LogP contribution in [0.15, 0.2) is 22.7 Å². The maximum atomic E-state index is 13.4. The van der Waals surface area contributed by atoms with Crippen LogP contribution in [0.4, 0.5) is 4.39 Å². The lowest BCUT2D eigenvalue weighted by Gasteiger charge is -2.07. The largest absolute Gasteiger partial charge is 0.486 e. The van der Waals surface area contributed by atoms with Crippen LogP contribution in [0, 0.1) is 26.6 Å². The summed E-state index contributed by atoms with van der Waals surface area (Å²) in [6, 6.07) is 4.78. The van der Waals surface area contributed by atoms with Gasteiger partial charge >= 0.3 is 0 Å². The first-order chi connectivity index (χ1) is 8.08. The monoisotopic (exact) mass is 235 g/mol. The van der Waals surface area contributed by atoms with Crippen LogP contribution in [-0.2, 0) is 6.61 Å². The van der Waals surface area contributed by atoms with Crippen molar-refractivity contribution in [3.8, 4) is 5.75 Å².